The summed E-state index contributed by atoms with van der Waals surface area (Å²) in [5.41, 5.74) is 2.70. The molecular weight excluding hydrogens is 326 g/mol. The fourth-order valence-electron chi connectivity index (χ4n) is 2.71. The van der Waals surface area contributed by atoms with Crippen LogP contribution in [0.25, 0.3) is 0 Å². The fourth-order valence-corrected chi connectivity index (χ4v) is 2.94. The first kappa shape index (κ1) is 14.5. The van der Waals surface area contributed by atoms with Crippen molar-refractivity contribution in [2.75, 3.05) is 18.4 Å². The average molecular weight is 346 g/mol. The second-order valence-electron chi connectivity index (χ2n) is 5.52. The van der Waals surface area contributed by atoms with Crippen molar-refractivity contribution in [3.63, 3.8) is 0 Å². The number of hydrogen-bond donors (Lipinski definition) is 1. The van der Waals surface area contributed by atoms with E-state index in [1.165, 1.54) is 37.1 Å². The van der Waals surface area contributed by atoms with E-state index in [0.29, 0.717) is 0 Å². The SMILES string of the molecule is Brc1ccc(NCc2cccc(CN3CCCC3)c2)nc1. The molecule has 1 fully saturated rings. The number of pyridine rings is 1. The van der Waals surface area contributed by atoms with Gasteiger partial charge in [-0.2, -0.15) is 0 Å². The third-order valence-electron chi connectivity index (χ3n) is 3.80. The van der Waals surface area contributed by atoms with E-state index < -0.39 is 0 Å². The van der Waals surface area contributed by atoms with Gasteiger partial charge in [0.05, 0.1) is 0 Å². The smallest absolute Gasteiger partial charge is 0.126 e. The zero-order valence-electron chi connectivity index (χ0n) is 12.1. The summed E-state index contributed by atoms with van der Waals surface area (Å²) < 4.78 is 1.00. The van der Waals surface area contributed by atoms with Crippen molar-refractivity contribution < 1.29 is 0 Å². The Labute approximate surface area is 134 Å². The summed E-state index contributed by atoms with van der Waals surface area (Å²) in [6.45, 7) is 4.36. The minimum atomic E-state index is 0.808. The highest BCUT2D eigenvalue weighted by molar-refractivity contribution is 9.10. The standard InChI is InChI=1S/C17H20BrN3/c18-16-6-7-17(20-12-16)19-11-14-4-3-5-15(10-14)13-21-8-1-2-9-21/h3-7,10,12H,1-2,8-9,11,13H2,(H,19,20). The zero-order valence-corrected chi connectivity index (χ0v) is 13.6. The van der Waals surface area contributed by atoms with Crippen LogP contribution in [0.2, 0.25) is 0 Å². The second kappa shape index (κ2) is 7.05. The Morgan fingerprint density at radius 3 is 2.67 bits per heavy atom. The van der Waals surface area contributed by atoms with Crippen molar-refractivity contribution in [2.24, 2.45) is 0 Å². The van der Waals surface area contributed by atoms with Gasteiger partial charge in [0, 0.05) is 23.8 Å². The highest BCUT2D eigenvalue weighted by atomic mass is 79.9. The molecule has 21 heavy (non-hydrogen) atoms. The summed E-state index contributed by atoms with van der Waals surface area (Å²) in [5, 5.41) is 3.36. The van der Waals surface area contributed by atoms with Gasteiger partial charge in [-0.05, 0) is 65.1 Å². The van der Waals surface area contributed by atoms with E-state index in [-0.39, 0.29) is 0 Å². The second-order valence-corrected chi connectivity index (χ2v) is 6.43. The summed E-state index contributed by atoms with van der Waals surface area (Å²) in [6.07, 6.45) is 4.50. The number of hydrogen-bond acceptors (Lipinski definition) is 3. The van der Waals surface area contributed by atoms with Gasteiger partial charge in [0.2, 0.25) is 0 Å². The van der Waals surface area contributed by atoms with Crippen LogP contribution in [0.5, 0.6) is 0 Å². The van der Waals surface area contributed by atoms with Crippen molar-refractivity contribution in [3.05, 3.63) is 58.2 Å². The molecule has 3 rings (SSSR count). The molecule has 0 spiro atoms. The lowest BCUT2D eigenvalue weighted by atomic mass is 10.1. The van der Waals surface area contributed by atoms with Crippen LogP contribution in [0.1, 0.15) is 24.0 Å². The van der Waals surface area contributed by atoms with Gasteiger partial charge in [0.1, 0.15) is 5.82 Å². The van der Waals surface area contributed by atoms with Crippen LogP contribution in [-0.2, 0) is 13.1 Å². The minimum Gasteiger partial charge on any atom is -0.366 e. The Balaban J connectivity index is 1.58. The van der Waals surface area contributed by atoms with Gasteiger partial charge in [-0.25, -0.2) is 4.98 Å². The molecule has 1 aliphatic heterocycles. The molecule has 0 unspecified atom stereocenters. The van der Waals surface area contributed by atoms with Crippen LogP contribution < -0.4 is 5.32 Å². The number of nitrogens with zero attached hydrogens (tertiary/aromatic N) is 2. The zero-order chi connectivity index (χ0) is 14.5. The number of benzene rings is 1. The molecule has 1 aromatic carbocycles. The summed E-state index contributed by atoms with van der Waals surface area (Å²) in [4.78, 5) is 6.86. The van der Waals surface area contributed by atoms with E-state index in [2.05, 4.69) is 55.4 Å². The molecule has 1 saturated heterocycles. The third kappa shape index (κ3) is 4.29. The van der Waals surface area contributed by atoms with Gasteiger partial charge < -0.3 is 5.32 Å². The van der Waals surface area contributed by atoms with Crippen molar-refractivity contribution >= 4 is 21.7 Å². The van der Waals surface area contributed by atoms with Crippen LogP contribution in [0.15, 0.2) is 47.1 Å². The Kier molecular flexibility index (Phi) is 4.88. The molecule has 4 heteroatoms. The molecule has 110 valence electrons. The normalized spacial score (nSPS) is 15.3. The highest BCUT2D eigenvalue weighted by Gasteiger charge is 2.11. The molecule has 1 N–H and O–H groups in total. The monoisotopic (exact) mass is 345 g/mol. The fraction of sp³-hybridized carbons (Fsp3) is 0.353. The first-order chi connectivity index (χ1) is 10.3. The van der Waals surface area contributed by atoms with Gasteiger partial charge in [-0.3, -0.25) is 4.90 Å². The van der Waals surface area contributed by atoms with Crippen LogP contribution in [0.3, 0.4) is 0 Å². The lowest BCUT2D eigenvalue weighted by Crippen LogP contribution is -2.18. The number of halogens is 1. The maximum atomic E-state index is 4.33. The first-order valence-electron chi connectivity index (χ1n) is 7.45. The molecular formula is C17H20BrN3. The molecule has 0 radical (unpaired) electrons. The van der Waals surface area contributed by atoms with E-state index in [1.54, 1.807) is 0 Å². The first-order valence-corrected chi connectivity index (χ1v) is 8.24. The molecule has 0 saturated carbocycles. The predicted octanol–water partition coefficient (Wildman–Crippen LogP) is 4.05. The Bertz CT molecular complexity index is 577. The molecule has 0 amide bonds. The van der Waals surface area contributed by atoms with E-state index in [1.807, 2.05) is 18.3 Å². The quantitative estimate of drug-likeness (QED) is 0.885. The van der Waals surface area contributed by atoms with E-state index in [0.717, 1.165) is 23.4 Å². The Hall–Kier alpha value is -1.39. The van der Waals surface area contributed by atoms with Gasteiger partial charge in [0.25, 0.3) is 0 Å². The third-order valence-corrected chi connectivity index (χ3v) is 4.27. The van der Waals surface area contributed by atoms with Crippen molar-refractivity contribution in [3.8, 4) is 0 Å². The maximum Gasteiger partial charge on any atom is 0.126 e. The summed E-state index contributed by atoms with van der Waals surface area (Å²) in [6, 6.07) is 12.8. The molecule has 0 bridgehead atoms. The van der Waals surface area contributed by atoms with Gasteiger partial charge in [0.15, 0.2) is 0 Å². The lowest BCUT2D eigenvalue weighted by molar-refractivity contribution is 0.331. The van der Waals surface area contributed by atoms with Crippen LogP contribution in [0, 0.1) is 0 Å². The molecule has 1 aromatic heterocycles. The van der Waals surface area contributed by atoms with Crippen LogP contribution in [0.4, 0.5) is 5.82 Å². The summed E-state index contributed by atoms with van der Waals surface area (Å²) >= 11 is 3.40. The van der Waals surface area contributed by atoms with E-state index >= 15 is 0 Å². The van der Waals surface area contributed by atoms with Gasteiger partial charge >= 0.3 is 0 Å². The number of aromatic nitrogens is 1. The largest absolute Gasteiger partial charge is 0.366 e. The molecule has 3 nitrogen and oxygen atoms in total. The maximum absolute atomic E-state index is 4.33. The number of anilines is 1. The highest BCUT2D eigenvalue weighted by Crippen LogP contribution is 2.15. The van der Waals surface area contributed by atoms with Crippen molar-refractivity contribution in [1.82, 2.24) is 9.88 Å². The van der Waals surface area contributed by atoms with Gasteiger partial charge in [-0.15, -0.1) is 0 Å². The Morgan fingerprint density at radius 1 is 1.10 bits per heavy atom. The summed E-state index contributed by atoms with van der Waals surface area (Å²) in [5.74, 6) is 0.906. The summed E-state index contributed by atoms with van der Waals surface area (Å²) in [7, 11) is 0. The van der Waals surface area contributed by atoms with Crippen LogP contribution in [-0.4, -0.2) is 23.0 Å². The lowest BCUT2D eigenvalue weighted by Gasteiger charge is -2.15. The Morgan fingerprint density at radius 2 is 1.90 bits per heavy atom. The molecule has 2 heterocycles. The predicted molar refractivity (Wildman–Crippen MR) is 90.2 cm³/mol. The average Bonchev–Trinajstić information content (AvgIpc) is 3.00. The van der Waals surface area contributed by atoms with Crippen LogP contribution >= 0.6 is 15.9 Å². The topological polar surface area (TPSA) is 28.2 Å². The van der Waals surface area contributed by atoms with Gasteiger partial charge in [-0.1, -0.05) is 24.3 Å². The minimum absolute atomic E-state index is 0.808. The number of rotatable bonds is 5. The molecule has 2 aromatic rings. The number of nitrogens with one attached hydrogen (secondary N) is 1. The molecule has 0 aliphatic carbocycles. The number of likely N-dealkylation sites (tertiary alicyclic amines) is 1. The molecule has 1 aliphatic rings. The van der Waals surface area contributed by atoms with Crippen molar-refractivity contribution in [1.29, 1.82) is 0 Å². The van der Waals surface area contributed by atoms with E-state index in [9.17, 15) is 0 Å². The van der Waals surface area contributed by atoms with E-state index in [4.69, 9.17) is 0 Å². The molecule has 0 atom stereocenters. The van der Waals surface area contributed by atoms with Crippen molar-refractivity contribution in [2.45, 2.75) is 25.9 Å².